The Labute approximate surface area is 101 Å². The largest absolute Gasteiger partial charge is 0.465 e. The highest BCUT2D eigenvalue weighted by atomic mass is 16.4. The molecule has 1 amide bonds. The van der Waals surface area contributed by atoms with Crippen molar-refractivity contribution < 1.29 is 9.90 Å². The lowest BCUT2D eigenvalue weighted by molar-refractivity contribution is 0.0631. The van der Waals surface area contributed by atoms with Gasteiger partial charge in [-0.05, 0) is 18.3 Å². The number of carbonyl (C=O) groups is 1. The van der Waals surface area contributed by atoms with Crippen LogP contribution in [0.25, 0.3) is 0 Å². The lowest BCUT2D eigenvalue weighted by Gasteiger charge is -2.48. The van der Waals surface area contributed by atoms with Crippen LogP contribution in [0.4, 0.5) is 4.79 Å². The third-order valence-electron chi connectivity index (χ3n) is 3.73. The second-order valence-electron chi connectivity index (χ2n) is 5.63. The molecule has 17 heavy (non-hydrogen) atoms. The lowest BCUT2D eigenvalue weighted by Crippen LogP contribution is -2.64. The highest BCUT2D eigenvalue weighted by molar-refractivity contribution is 5.66. The van der Waals surface area contributed by atoms with Crippen molar-refractivity contribution in [1.82, 2.24) is 10.2 Å². The van der Waals surface area contributed by atoms with Crippen LogP contribution in [-0.2, 0) is 0 Å². The molecule has 0 aromatic carbocycles. The minimum Gasteiger partial charge on any atom is -0.465 e. The molecule has 1 saturated carbocycles. The monoisotopic (exact) mass is 241 g/mol. The summed E-state index contributed by atoms with van der Waals surface area (Å²) in [6.45, 7) is 6.00. The van der Waals surface area contributed by atoms with Gasteiger partial charge < -0.3 is 10.4 Å². The molecule has 96 valence electrons. The molecule has 6 heteroatoms. The molecule has 1 aliphatic carbocycles. The molecule has 0 radical (unpaired) electrons. The summed E-state index contributed by atoms with van der Waals surface area (Å²) in [6.07, 6.45) is 2.46. The maximum atomic E-state index is 11.0. The number of carboxylic acid groups (broad SMARTS) is 1. The predicted octanol–water partition coefficient (Wildman–Crippen LogP) is 2.53. The highest BCUT2D eigenvalue weighted by Crippen LogP contribution is 2.43. The summed E-state index contributed by atoms with van der Waals surface area (Å²) in [5, 5.41) is 15.6. The van der Waals surface area contributed by atoms with Gasteiger partial charge in [-0.15, -0.1) is 0 Å². The van der Waals surface area contributed by atoms with E-state index in [0.29, 0.717) is 0 Å². The Hall–Kier alpha value is -1.42. The number of amides is 1. The topological polar surface area (TPSA) is 99.6 Å². The van der Waals surface area contributed by atoms with E-state index in [1.54, 1.807) is 0 Å². The van der Waals surface area contributed by atoms with Crippen LogP contribution in [0.3, 0.4) is 0 Å². The molecule has 0 heterocycles. The minimum atomic E-state index is -1.04. The summed E-state index contributed by atoms with van der Waals surface area (Å²) in [5.74, 6) is 0. The fraction of sp³-hybridized carbons (Fsp3) is 0.909. The number of hydrogen-bond donors (Lipinski definition) is 3. The number of nitrogens with one attached hydrogen (secondary N) is 2. The minimum absolute atomic E-state index is 0.246. The van der Waals surface area contributed by atoms with Gasteiger partial charge in [-0.3, -0.25) is 0 Å². The number of rotatable bonds is 2. The molecule has 1 rings (SSSR count). The summed E-state index contributed by atoms with van der Waals surface area (Å²) in [7, 11) is 0. The average molecular weight is 241 g/mol. The first-order chi connectivity index (χ1) is 7.83. The molecule has 2 atom stereocenters. The third kappa shape index (κ3) is 2.64. The van der Waals surface area contributed by atoms with Crippen LogP contribution in [0.15, 0.2) is 5.11 Å². The zero-order valence-corrected chi connectivity index (χ0v) is 10.7. The maximum absolute atomic E-state index is 11.0. The van der Waals surface area contributed by atoms with Gasteiger partial charge in [0.05, 0.1) is 5.54 Å². The van der Waals surface area contributed by atoms with E-state index in [-0.39, 0.29) is 11.5 Å². The van der Waals surface area contributed by atoms with Crippen molar-refractivity contribution >= 4 is 6.09 Å². The van der Waals surface area contributed by atoms with Gasteiger partial charge in [0, 0.05) is 0 Å². The smallest absolute Gasteiger partial charge is 0.405 e. The molecular weight excluding hydrogens is 220 g/mol. The lowest BCUT2D eigenvalue weighted by atomic mass is 9.63. The summed E-state index contributed by atoms with van der Waals surface area (Å²) < 4.78 is 0. The molecule has 0 aliphatic heterocycles. The zero-order chi connectivity index (χ0) is 13.1. The molecule has 0 saturated heterocycles. The first kappa shape index (κ1) is 13.6. The highest BCUT2D eigenvalue weighted by Gasteiger charge is 2.52. The van der Waals surface area contributed by atoms with Gasteiger partial charge in [0.15, 0.2) is 6.04 Å². The van der Waals surface area contributed by atoms with Gasteiger partial charge in [-0.2, -0.15) is 0 Å². The van der Waals surface area contributed by atoms with Gasteiger partial charge >= 0.3 is 6.09 Å². The van der Waals surface area contributed by atoms with E-state index in [4.69, 9.17) is 10.6 Å². The first-order valence-corrected chi connectivity index (χ1v) is 5.91. The molecule has 3 N–H and O–H groups in total. The van der Waals surface area contributed by atoms with E-state index in [9.17, 15) is 4.79 Å². The average Bonchev–Trinajstić information content (AvgIpc) is 2.18. The van der Waals surface area contributed by atoms with Gasteiger partial charge in [0.25, 0.3) is 0 Å². The van der Waals surface area contributed by atoms with E-state index in [1.807, 2.05) is 20.8 Å². The summed E-state index contributed by atoms with van der Waals surface area (Å²) >= 11 is 0. The van der Waals surface area contributed by atoms with Crippen molar-refractivity contribution in [3.05, 3.63) is 0 Å². The Kier molecular flexibility index (Phi) is 3.88. The summed E-state index contributed by atoms with van der Waals surface area (Å²) in [4.78, 5) is 14.2. The van der Waals surface area contributed by atoms with Crippen LogP contribution in [0.2, 0.25) is 0 Å². The zero-order valence-electron chi connectivity index (χ0n) is 10.7. The molecule has 0 spiro atoms. The molecule has 0 aromatic heterocycles. The van der Waals surface area contributed by atoms with Crippen molar-refractivity contribution in [2.24, 2.45) is 10.5 Å². The van der Waals surface area contributed by atoms with Crippen LogP contribution < -0.4 is 10.2 Å². The first-order valence-electron chi connectivity index (χ1n) is 5.91. The van der Waals surface area contributed by atoms with Gasteiger partial charge in [-0.1, -0.05) is 33.6 Å². The second-order valence-corrected chi connectivity index (χ2v) is 5.63. The van der Waals surface area contributed by atoms with Crippen molar-refractivity contribution in [2.45, 2.75) is 58.0 Å². The van der Waals surface area contributed by atoms with Gasteiger partial charge in [0.1, 0.15) is 10.6 Å². The fourth-order valence-corrected chi connectivity index (χ4v) is 2.78. The van der Waals surface area contributed by atoms with Crippen molar-refractivity contribution in [2.75, 3.05) is 0 Å². The Morgan fingerprint density at radius 2 is 2.18 bits per heavy atom. The normalized spacial score (nSPS) is 29.2. The van der Waals surface area contributed by atoms with E-state index in [1.165, 1.54) is 0 Å². The second kappa shape index (κ2) is 4.84. The quantitative estimate of drug-likeness (QED) is 0.511. The Balaban J connectivity index is 3.16. The van der Waals surface area contributed by atoms with Crippen LogP contribution in [0.1, 0.15) is 46.5 Å². The Bertz CT molecular complexity index is 344. The summed E-state index contributed by atoms with van der Waals surface area (Å²) in [5.41, 5.74) is 6.00. The van der Waals surface area contributed by atoms with Crippen LogP contribution in [0.5, 0.6) is 0 Å². The standard InChI is InChI=1S/C11H20N4O2/c1-10(2,3)11(13-9(16)17)7-5-4-6-8(11)14-15-12/h8,12-13H,4-7H2,1-3H3/p+1. The van der Waals surface area contributed by atoms with Crippen molar-refractivity contribution in [1.29, 1.82) is 5.53 Å². The molecule has 0 aromatic rings. The molecule has 1 aliphatic rings. The molecule has 1 fully saturated rings. The molecule has 2 unspecified atom stereocenters. The van der Waals surface area contributed by atoms with Gasteiger partial charge in [0.2, 0.25) is 4.91 Å². The number of hydrogen-bond acceptors (Lipinski definition) is 3. The predicted molar refractivity (Wildman–Crippen MR) is 62.9 cm³/mol. The van der Waals surface area contributed by atoms with E-state index < -0.39 is 11.6 Å². The van der Waals surface area contributed by atoms with Crippen molar-refractivity contribution in [3.63, 3.8) is 0 Å². The maximum Gasteiger partial charge on any atom is 0.405 e. The third-order valence-corrected chi connectivity index (χ3v) is 3.73. The number of nitrogens with zero attached hydrogens (tertiary/aromatic N) is 2. The van der Waals surface area contributed by atoms with Crippen LogP contribution >= 0.6 is 0 Å². The van der Waals surface area contributed by atoms with Crippen LogP contribution in [-0.4, -0.2) is 22.8 Å². The van der Waals surface area contributed by atoms with E-state index >= 15 is 0 Å². The molecular formula is C11H21N4O2+. The fourth-order valence-electron chi connectivity index (χ4n) is 2.78. The van der Waals surface area contributed by atoms with Crippen LogP contribution in [0, 0.1) is 10.9 Å². The van der Waals surface area contributed by atoms with E-state index in [2.05, 4.69) is 15.3 Å². The van der Waals surface area contributed by atoms with Crippen molar-refractivity contribution in [3.8, 4) is 0 Å². The molecule has 6 nitrogen and oxygen atoms in total. The Morgan fingerprint density at radius 1 is 1.53 bits per heavy atom. The Morgan fingerprint density at radius 3 is 2.65 bits per heavy atom. The summed E-state index contributed by atoms with van der Waals surface area (Å²) in [6, 6.07) is -0.246. The van der Waals surface area contributed by atoms with E-state index in [0.717, 1.165) is 25.7 Å². The SMILES string of the molecule is CC(C)(C)C1(NC(=O)O)CCCCC1N=[N+]=N. The van der Waals surface area contributed by atoms with Gasteiger partial charge in [-0.25, -0.2) is 4.79 Å². The molecule has 0 bridgehead atoms.